The van der Waals surface area contributed by atoms with Gasteiger partial charge >= 0.3 is 0 Å². The van der Waals surface area contributed by atoms with Gasteiger partial charge in [-0.05, 0) is 37.4 Å². The standard InChI is InChI=1S/C7H6Br2F2N2/c8-5-4(7(10)11)3(1-12)2-13-6(5)9/h2,7H,1,12H2. The van der Waals surface area contributed by atoms with Gasteiger partial charge < -0.3 is 5.73 Å². The zero-order valence-electron chi connectivity index (χ0n) is 6.40. The molecule has 0 aliphatic carbocycles. The number of pyridine rings is 1. The Bertz CT molecular complexity index is 318. The molecule has 2 N–H and O–H groups in total. The molecule has 13 heavy (non-hydrogen) atoms. The fourth-order valence-electron chi connectivity index (χ4n) is 0.911. The summed E-state index contributed by atoms with van der Waals surface area (Å²) in [5.41, 5.74) is 5.56. The smallest absolute Gasteiger partial charge is 0.265 e. The fourth-order valence-corrected chi connectivity index (χ4v) is 1.76. The second-order valence-electron chi connectivity index (χ2n) is 2.31. The normalized spacial score (nSPS) is 10.9. The molecule has 0 aliphatic rings. The van der Waals surface area contributed by atoms with Crippen molar-refractivity contribution in [3.63, 3.8) is 0 Å². The summed E-state index contributed by atoms with van der Waals surface area (Å²) in [6, 6.07) is 0. The Balaban J connectivity index is 3.32. The molecule has 0 aliphatic heterocycles. The van der Waals surface area contributed by atoms with Crippen LogP contribution >= 0.6 is 31.9 Å². The van der Waals surface area contributed by atoms with Crippen molar-refractivity contribution in [2.75, 3.05) is 0 Å². The molecule has 0 amide bonds. The van der Waals surface area contributed by atoms with E-state index in [1.165, 1.54) is 6.20 Å². The monoisotopic (exact) mass is 314 g/mol. The van der Waals surface area contributed by atoms with Crippen LogP contribution in [-0.2, 0) is 6.54 Å². The molecule has 1 heterocycles. The molecule has 0 spiro atoms. The number of halogens is 4. The van der Waals surface area contributed by atoms with Crippen molar-refractivity contribution in [3.8, 4) is 0 Å². The second kappa shape index (κ2) is 4.43. The Morgan fingerprint density at radius 3 is 2.54 bits per heavy atom. The number of aromatic nitrogens is 1. The van der Waals surface area contributed by atoms with Gasteiger partial charge in [-0.15, -0.1) is 0 Å². The molecule has 0 unspecified atom stereocenters. The van der Waals surface area contributed by atoms with E-state index in [1.54, 1.807) is 0 Å². The zero-order valence-corrected chi connectivity index (χ0v) is 9.57. The summed E-state index contributed by atoms with van der Waals surface area (Å²) in [6.07, 6.45) is -1.21. The lowest BCUT2D eigenvalue weighted by Crippen LogP contribution is -2.04. The van der Waals surface area contributed by atoms with Crippen molar-refractivity contribution in [1.29, 1.82) is 0 Å². The Labute approximate surface area is 90.8 Å². The highest BCUT2D eigenvalue weighted by molar-refractivity contribution is 9.13. The summed E-state index contributed by atoms with van der Waals surface area (Å²) >= 11 is 6.07. The van der Waals surface area contributed by atoms with Crippen LogP contribution in [0.1, 0.15) is 17.6 Å². The molecule has 1 aromatic heterocycles. The summed E-state index contributed by atoms with van der Waals surface area (Å²) in [5.74, 6) is 0. The van der Waals surface area contributed by atoms with E-state index in [4.69, 9.17) is 5.73 Å². The molecule has 0 fully saturated rings. The Morgan fingerprint density at radius 2 is 2.08 bits per heavy atom. The summed E-state index contributed by atoms with van der Waals surface area (Å²) in [6.45, 7) is 0.0541. The number of hydrogen-bond acceptors (Lipinski definition) is 2. The Morgan fingerprint density at radius 1 is 1.46 bits per heavy atom. The number of rotatable bonds is 2. The molecule has 72 valence electrons. The van der Waals surface area contributed by atoms with Crippen LogP contribution in [0.15, 0.2) is 15.3 Å². The van der Waals surface area contributed by atoms with E-state index in [0.717, 1.165) is 0 Å². The maximum absolute atomic E-state index is 12.5. The van der Waals surface area contributed by atoms with Gasteiger partial charge in [0.1, 0.15) is 4.60 Å². The summed E-state index contributed by atoms with van der Waals surface area (Å²) in [4.78, 5) is 3.85. The lowest BCUT2D eigenvalue weighted by Gasteiger charge is -2.09. The van der Waals surface area contributed by atoms with Crippen LogP contribution in [0.2, 0.25) is 0 Å². The highest BCUT2D eigenvalue weighted by atomic mass is 79.9. The van der Waals surface area contributed by atoms with Gasteiger partial charge in [-0.25, -0.2) is 13.8 Å². The van der Waals surface area contributed by atoms with Crippen molar-refractivity contribution >= 4 is 31.9 Å². The summed E-state index contributed by atoms with van der Waals surface area (Å²) in [5, 5.41) is 0. The first-order valence-corrected chi connectivity index (χ1v) is 4.97. The first-order valence-electron chi connectivity index (χ1n) is 3.39. The summed E-state index contributed by atoms with van der Waals surface area (Å²) < 4.78 is 25.7. The van der Waals surface area contributed by atoms with E-state index < -0.39 is 6.43 Å². The average molecular weight is 316 g/mol. The summed E-state index contributed by atoms with van der Waals surface area (Å²) in [7, 11) is 0. The predicted molar refractivity (Wildman–Crippen MR) is 52.5 cm³/mol. The van der Waals surface area contributed by atoms with Gasteiger partial charge in [0.05, 0.1) is 4.47 Å². The lowest BCUT2D eigenvalue weighted by molar-refractivity contribution is 0.149. The van der Waals surface area contributed by atoms with E-state index in [9.17, 15) is 8.78 Å². The zero-order chi connectivity index (χ0) is 10.0. The third kappa shape index (κ3) is 2.24. The van der Waals surface area contributed by atoms with E-state index in [0.29, 0.717) is 10.2 Å². The topological polar surface area (TPSA) is 38.9 Å². The molecule has 1 rings (SSSR count). The van der Waals surface area contributed by atoms with E-state index in [1.807, 2.05) is 0 Å². The third-order valence-corrected chi connectivity index (χ3v) is 3.47. The Hall–Kier alpha value is -0.0700. The van der Waals surface area contributed by atoms with Crippen LogP contribution in [0.4, 0.5) is 8.78 Å². The number of nitrogens with two attached hydrogens (primary N) is 1. The SMILES string of the molecule is NCc1cnc(Br)c(Br)c1C(F)F. The molecule has 0 atom stereocenters. The molecule has 2 nitrogen and oxygen atoms in total. The molecule has 1 aromatic rings. The second-order valence-corrected chi connectivity index (χ2v) is 3.85. The van der Waals surface area contributed by atoms with Crippen LogP contribution in [-0.4, -0.2) is 4.98 Å². The van der Waals surface area contributed by atoms with Crippen molar-refractivity contribution in [3.05, 3.63) is 26.4 Å². The van der Waals surface area contributed by atoms with Crippen LogP contribution in [0.5, 0.6) is 0 Å². The molecule has 0 aromatic carbocycles. The van der Waals surface area contributed by atoms with Gasteiger partial charge in [-0.2, -0.15) is 0 Å². The van der Waals surface area contributed by atoms with E-state index in [-0.39, 0.29) is 16.6 Å². The first kappa shape index (κ1) is 11.0. The predicted octanol–water partition coefficient (Wildman–Crippen LogP) is 3.00. The van der Waals surface area contributed by atoms with Crippen LogP contribution < -0.4 is 5.73 Å². The molecule has 0 saturated carbocycles. The van der Waals surface area contributed by atoms with Crippen molar-refractivity contribution < 1.29 is 8.78 Å². The molecule has 0 radical (unpaired) electrons. The molecule has 0 bridgehead atoms. The maximum Gasteiger partial charge on any atom is 0.265 e. The highest BCUT2D eigenvalue weighted by Gasteiger charge is 2.18. The van der Waals surface area contributed by atoms with Gasteiger partial charge in [0, 0.05) is 18.3 Å². The quantitative estimate of drug-likeness (QED) is 0.852. The minimum atomic E-state index is -2.55. The minimum Gasteiger partial charge on any atom is -0.326 e. The molecular formula is C7H6Br2F2N2. The van der Waals surface area contributed by atoms with Crippen LogP contribution in [0.25, 0.3) is 0 Å². The van der Waals surface area contributed by atoms with Gasteiger partial charge in [-0.3, -0.25) is 0 Å². The van der Waals surface area contributed by atoms with Crippen molar-refractivity contribution in [2.24, 2.45) is 5.73 Å². The number of alkyl halides is 2. The molecular weight excluding hydrogens is 310 g/mol. The number of hydrogen-bond donors (Lipinski definition) is 1. The number of nitrogens with zero attached hydrogens (tertiary/aromatic N) is 1. The van der Waals surface area contributed by atoms with E-state index in [2.05, 4.69) is 36.8 Å². The lowest BCUT2D eigenvalue weighted by atomic mass is 10.1. The molecule has 6 heteroatoms. The Kier molecular flexibility index (Phi) is 3.75. The van der Waals surface area contributed by atoms with E-state index >= 15 is 0 Å². The van der Waals surface area contributed by atoms with Crippen LogP contribution in [0, 0.1) is 0 Å². The van der Waals surface area contributed by atoms with Gasteiger partial charge in [-0.1, -0.05) is 0 Å². The maximum atomic E-state index is 12.5. The van der Waals surface area contributed by atoms with Gasteiger partial charge in [0.15, 0.2) is 0 Å². The largest absolute Gasteiger partial charge is 0.326 e. The van der Waals surface area contributed by atoms with Crippen molar-refractivity contribution in [1.82, 2.24) is 4.98 Å². The first-order chi connectivity index (χ1) is 6.07. The average Bonchev–Trinajstić information content (AvgIpc) is 2.08. The van der Waals surface area contributed by atoms with Gasteiger partial charge in [0.25, 0.3) is 6.43 Å². The fraction of sp³-hybridized carbons (Fsp3) is 0.286. The molecule has 0 saturated heterocycles. The third-order valence-electron chi connectivity index (χ3n) is 1.54. The van der Waals surface area contributed by atoms with Crippen LogP contribution in [0.3, 0.4) is 0 Å². The van der Waals surface area contributed by atoms with Gasteiger partial charge in [0.2, 0.25) is 0 Å². The van der Waals surface area contributed by atoms with Crippen molar-refractivity contribution in [2.45, 2.75) is 13.0 Å². The highest BCUT2D eigenvalue weighted by Crippen LogP contribution is 2.34. The minimum absolute atomic E-state index is 0.0541.